The van der Waals surface area contributed by atoms with Crippen molar-refractivity contribution in [3.05, 3.63) is 53.1 Å². The number of carboxylic acids is 1. The summed E-state index contributed by atoms with van der Waals surface area (Å²) in [5, 5.41) is 18.9. The van der Waals surface area contributed by atoms with Crippen molar-refractivity contribution in [2.24, 2.45) is 0 Å². The van der Waals surface area contributed by atoms with Crippen LogP contribution in [-0.4, -0.2) is 22.3 Å². The van der Waals surface area contributed by atoms with Gasteiger partial charge in [-0.2, -0.15) is 0 Å². The number of aliphatic hydroxyl groups excluding tert-OH is 1. The highest BCUT2D eigenvalue weighted by Crippen LogP contribution is 2.31. The third kappa shape index (κ3) is 3.28. The highest BCUT2D eigenvalue weighted by molar-refractivity contribution is 5.92. The minimum Gasteiger partial charge on any atom is -0.490 e. The summed E-state index contributed by atoms with van der Waals surface area (Å²) in [5.74, 6) is -0.681. The third-order valence-corrected chi connectivity index (χ3v) is 3.45. The van der Waals surface area contributed by atoms with Crippen LogP contribution in [-0.2, 0) is 6.61 Å². The average molecular weight is 300 g/mol. The van der Waals surface area contributed by atoms with Gasteiger partial charge < -0.3 is 14.9 Å². The van der Waals surface area contributed by atoms with Crippen LogP contribution in [0.15, 0.2) is 36.4 Å². The monoisotopic (exact) mass is 300 g/mol. The molecule has 0 aliphatic carbocycles. The zero-order chi connectivity index (χ0) is 16.3. The molecule has 0 amide bonds. The van der Waals surface area contributed by atoms with Crippen LogP contribution in [0.25, 0.3) is 11.1 Å². The van der Waals surface area contributed by atoms with Gasteiger partial charge in [-0.05, 0) is 55.2 Å². The summed E-state index contributed by atoms with van der Waals surface area (Å²) in [6.45, 7) is 5.57. The van der Waals surface area contributed by atoms with Crippen LogP contribution < -0.4 is 4.74 Å². The third-order valence-electron chi connectivity index (χ3n) is 3.45. The largest absolute Gasteiger partial charge is 0.490 e. The number of benzene rings is 2. The van der Waals surface area contributed by atoms with E-state index in [1.807, 2.05) is 39.0 Å². The number of aliphatic hydroxyl groups is 1. The van der Waals surface area contributed by atoms with Crippen molar-refractivity contribution in [1.82, 2.24) is 0 Å². The Labute approximate surface area is 130 Å². The Morgan fingerprint density at radius 1 is 1.23 bits per heavy atom. The van der Waals surface area contributed by atoms with Crippen molar-refractivity contribution < 1.29 is 19.7 Å². The molecule has 0 saturated carbocycles. The molecule has 4 nitrogen and oxygen atoms in total. The first kappa shape index (κ1) is 16.0. The number of carboxylic acid groups (broad SMARTS) is 1. The number of rotatable bonds is 5. The first-order chi connectivity index (χ1) is 10.4. The minimum atomic E-state index is -1.02. The Morgan fingerprint density at radius 2 is 1.95 bits per heavy atom. The lowest BCUT2D eigenvalue weighted by Gasteiger charge is -2.16. The SMILES string of the molecule is Cc1cccc(-c2ccc(C(=O)O)c(OC(C)C)c2)c1CO. The molecule has 0 fully saturated rings. The Bertz CT molecular complexity index is 689. The van der Waals surface area contributed by atoms with E-state index in [1.165, 1.54) is 0 Å². The van der Waals surface area contributed by atoms with Crippen LogP contribution in [0.2, 0.25) is 0 Å². The maximum absolute atomic E-state index is 11.3. The van der Waals surface area contributed by atoms with Crippen molar-refractivity contribution in [1.29, 1.82) is 0 Å². The van der Waals surface area contributed by atoms with E-state index in [9.17, 15) is 15.0 Å². The molecule has 2 aromatic carbocycles. The average Bonchev–Trinajstić information content (AvgIpc) is 2.46. The van der Waals surface area contributed by atoms with Gasteiger partial charge in [0.2, 0.25) is 0 Å². The van der Waals surface area contributed by atoms with E-state index in [0.717, 1.165) is 22.3 Å². The van der Waals surface area contributed by atoms with Gasteiger partial charge in [0.25, 0.3) is 0 Å². The van der Waals surface area contributed by atoms with Crippen molar-refractivity contribution in [2.45, 2.75) is 33.5 Å². The molecular formula is C18H20O4. The summed E-state index contributed by atoms with van der Waals surface area (Å²) in [4.78, 5) is 11.3. The van der Waals surface area contributed by atoms with E-state index < -0.39 is 5.97 Å². The lowest BCUT2D eigenvalue weighted by Crippen LogP contribution is -2.10. The zero-order valence-electron chi connectivity index (χ0n) is 13.0. The quantitative estimate of drug-likeness (QED) is 0.884. The molecule has 0 aliphatic rings. The van der Waals surface area contributed by atoms with Gasteiger partial charge in [-0.1, -0.05) is 24.3 Å². The van der Waals surface area contributed by atoms with Crippen molar-refractivity contribution in [2.75, 3.05) is 0 Å². The molecule has 0 atom stereocenters. The summed E-state index contributed by atoms with van der Waals surface area (Å²) in [7, 11) is 0. The van der Waals surface area contributed by atoms with E-state index in [0.29, 0.717) is 5.75 Å². The lowest BCUT2D eigenvalue weighted by atomic mass is 9.95. The van der Waals surface area contributed by atoms with E-state index in [2.05, 4.69) is 0 Å². The van der Waals surface area contributed by atoms with E-state index in [-0.39, 0.29) is 18.3 Å². The highest BCUT2D eigenvalue weighted by Gasteiger charge is 2.15. The van der Waals surface area contributed by atoms with Gasteiger partial charge in [0.1, 0.15) is 11.3 Å². The molecule has 4 heteroatoms. The van der Waals surface area contributed by atoms with Gasteiger partial charge in [0.05, 0.1) is 12.7 Å². The molecule has 0 aliphatic heterocycles. The molecule has 2 rings (SSSR count). The molecule has 116 valence electrons. The molecule has 0 heterocycles. The number of ether oxygens (including phenoxy) is 1. The minimum absolute atomic E-state index is 0.0664. The van der Waals surface area contributed by atoms with Crippen molar-refractivity contribution in [3.63, 3.8) is 0 Å². The van der Waals surface area contributed by atoms with Gasteiger partial charge >= 0.3 is 5.97 Å². The molecule has 22 heavy (non-hydrogen) atoms. The predicted molar refractivity (Wildman–Crippen MR) is 85.3 cm³/mol. The van der Waals surface area contributed by atoms with Gasteiger partial charge in [-0.25, -0.2) is 4.79 Å². The topological polar surface area (TPSA) is 66.8 Å². The maximum Gasteiger partial charge on any atom is 0.339 e. The van der Waals surface area contributed by atoms with Crippen LogP contribution in [0.3, 0.4) is 0 Å². The Kier molecular flexibility index (Phi) is 4.83. The molecule has 2 aromatic rings. The summed E-state index contributed by atoms with van der Waals surface area (Å²) in [6, 6.07) is 10.8. The fourth-order valence-corrected chi connectivity index (χ4v) is 2.40. The number of hydrogen-bond acceptors (Lipinski definition) is 3. The molecule has 2 N–H and O–H groups in total. The second-order valence-corrected chi connectivity index (χ2v) is 5.44. The summed E-state index contributed by atoms with van der Waals surface area (Å²) < 4.78 is 5.63. The lowest BCUT2D eigenvalue weighted by molar-refractivity contribution is 0.0690. The highest BCUT2D eigenvalue weighted by atomic mass is 16.5. The van der Waals surface area contributed by atoms with Gasteiger partial charge in [0.15, 0.2) is 0 Å². The Balaban J connectivity index is 2.58. The fourth-order valence-electron chi connectivity index (χ4n) is 2.40. The maximum atomic E-state index is 11.3. The molecule has 0 unspecified atom stereocenters. The zero-order valence-corrected chi connectivity index (χ0v) is 13.0. The molecule has 0 spiro atoms. The van der Waals surface area contributed by atoms with Crippen LogP contribution in [0.4, 0.5) is 0 Å². The smallest absolute Gasteiger partial charge is 0.339 e. The Hall–Kier alpha value is -2.33. The number of carbonyl (C=O) groups is 1. The molecule has 0 bridgehead atoms. The Morgan fingerprint density at radius 3 is 2.55 bits per heavy atom. The van der Waals surface area contributed by atoms with Gasteiger partial charge in [-0.15, -0.1) is 0 Å². The normalized spacial score (nSPS) is 10.8. The van der Waals surface area contributed by atoms with E-state index in [4.69, 9.17) is 4.74 Å². The number of aromatic carboxylic acids is 1. The summed E-state index contributed by atoms with van der Waals surface area (Å²) >= 11 is 0. The fraction of sp³-hybridized carbons (Fsp3) is 0.278. The number of aryl methyl sites for hydroxylation is 1. The first-order valence-electron chi connectivity index (χ1n) is 7.17. The first-order valence-corrected chi connectivity index (χ1v) is 7.17. The van der Waals surface area contributed by atoms with E-state index in [1.54, 1.807) is 18.2 Å². The standard InChI is InChI=1S/C18H20O4/c1-11(2)22-17-9-13(7-8-15(17)18(20)21)14-6-4-5-12(3)16(14)10-19/h4-9,11,19H,10H2,1-3H3,(H,20,21). The molecular weight excluding hydrogens is 280 g/mol. The van der Waals surface area contributed by atoms with E-state index >= 15 is 0 Å². The second kappa shape index (κ2) is 6.62. The summed E-state index contributed by atoms with van der Waals surface area (Å²) in [6.07, 6.45) is -0.122. The molecule has 0 aromatic heterocycles. The van der Waals surface area contributed by atoms with Crippen LogP contribution in [0, 0.1) is 6.92 Å². The molecule has 0 saturated heterocycles. The summed E-state index contributed by atoms with van der Waals surface area (Å²) in [5.41, 5.74) is 3.67. The molecule has 0 radical (unpaired) electrons. The van der Waals surface area contributed by atoms with Crippen LogP contribution in [0.5, 0.6) is 5.75 Å². The second-order valence-electron chi connectivity index (χ2n) is 5.44. The van der Waals surface area contributed by atoms with Gasteiger partial charge in [-0.3, -0.25) is 0 Å². The number of hydrogen-bond donors (Lipinski definition) is 2. The van der Waals surface area contributed by atoms with Crippen LogP contribution in [0.1, 0.15) is 35.3 Å². The van der Waals surface area contributed by atoms with Gasteiger partial charge in [0, 0.05) is 0 Å². The predicted octanol–water partition coefficient (Wildman–Crippen LogP) is 3.64. The van der Waals surface area contributed by atoms with Crippen LogP contribution >= 0.6 is 0 Å². The van der Waals surface area contributed by atoms with Crippen molar-refractivity contribution in [3.8, 4) is 16.9 Å². The van der Waals surface area contributed by atoms with Crippen molar-refractivity contribution >= 4 is 5.97 Å².